The first-order chi connectivity index (χ1) is 9.94. The monoisotopic (exact) mass is 282 g/mol. The van der Waals surface area contributed by atoms with Crippen LogP contribution in [0.1, 0.15) is 36.1 Å². The second-order valence-corrected chi connectivity index (χ2v) is 6.24. The molecule has 0 atom stereocenters. The molecular formula is C19H26N2. The molecular weight excluding hydrogens is 256 g/mol. The first-order valence-electron chi connectivity index (χ1n) is 7.59. The zero-order valence-electron chi connectivity index (χ0n) is 13.6. The highest BCUT2D eigenvalue weighted by Gasteiger charge is 2.11. The quantitative estimate of drug-likeness (QED) is 0.829. The van der Waals surface area contributed by atoms with Crippen molar-refractivity contribution in [1.82, 2.24) is 4.90 Å². The lowest BCUT2D eigenvalue weighted by Crippen LogP contribution is -2.29. The second-order valence-electron chi connectivity index (χ2n) is 6.24. The van der Waals surface area contributed by atoms with Crippen molar-refractivity contribution < 1.29 is 0 Å². The number of rotatable bonds is 5. The van der Waals surface area contributed by atoms with Crippen LogP contribution in [-0.2, 0) is 13.1 Å². The van der Waals surface area contributed by atoms with Gasteiger partial charge in [0.2, 0.25) is 0 Å². The van der Waals surface area contributed by atoms with Crippen molar-refractivity contribution in [3.8, 4) is 0 Å². The molecule has 0 saturated carbocycles. The van der Waals surface area contributed by atoms with Gasteiger partial charge in [0.1, 0.15) is 0 Å². The molecule has 0 aliphatic carbocycles. The minimum atomic E-state index is 0.503. The van der Waals surface area contributed by atoms with Crippen LogP contribution in [0.2, 0.25) is 0 Å². The molecule has 0 aliphatic rings. The van der Waals surface area contributed by atoms with Gasteiger partial charge in [-0.1, -0.05) is 41.5 Å². The summed E-state index contributed by atoms with van der Waals surface area (Å²) in [7, 11) is 0. The summed E-state index contributed by atoms with van der Waals surface area (Å²) < 4.78 is 0. The van der Waals surface area contributed by atoms with Crippen molar-refractivity contribution in [1.29, 1.82) is 0 Å². The third-order valence-electron chi connectivity index (χ3n) is 3.76. The smallest absolute Gasteiger partial charge is 0.0314 e. The van der Waals surface area contributed by atoms with Gasteiger partial charge in [0.05, 0.1) is 0 Å². The molecule has 0 heterocycles. The SMILES string of the molecule is Cc1cc(C)cc(CN(Cc2ccc(N)cc2)C(C)C)c1. The molecule has 0 spiro atoms. The third kappa shape index (κ3) is 4.61. The Morgan fingerprint density at radius 1 is 0.857 bits per heavy atom. The van der Waals surface area contributed by atoms with Gasteiger partial charge in [-0.05, 0) is 51.0 Å². The first kappa shape index (κ1) is 15.6. The van der Waals surface area contributed by atoms with Crippen LogP contribution in [0.5, 0.6) is 0 Å². The summed E-state index contributed by atoms with van der Waals surface area (Å²) in [5.74, 6) is 0. The number of aryl methyl sites for hydroxylation is 2. The Balaban J connectivity index is 2.13. The number of nitrogen functional groups attached to an aromatic ring is 1. The number of anilines is 1. The molecule has 0 saturated heterocycles. The van der Waals surface area contributed by atoms with Gasteiger partial charge in [-0.2, -0.15) is 0 Å². The molecule has 21 heavy (non-hydrogen) atoms. The Labute approximate surface area is 128 Å². The van der Waals surface area contributed by atoms with Gasteiger partial charge in [-0.15, -0.1) is 0 Å². The van der Waals surface area contributed by atoms with E-state index in [1.807, 2.05) is 12.1 Å². The van der Waals surface area contributed by atoms with Gasteiger partial charge in [0.15, 0.2) is 0 Å². The normalized spacial score (nSPS) is 11.3. The highest BCUT2D eigenvalue weighted by Crippen LogP contribution is 2.16. The summed E-state index contributed by atoms with van der Waals surface area (Å²) in [6, 6.07) is 15.5. The van der Waals surface area contributed by atoms with Gasteiger partial charge in [-0.3, -0.25) is 4.90 Å². The summed E-state index contributed by atoms with van der Waals surface area (Å²) in [5, 5.41) is 0. The Morgan fingerprint density at radius 3 is 1.90 bits per heavy atom. The van der Waals surface area contributed by atoms with Crippen LogP contribution in [0.15, 0.2) is 42.5 Å². The second kappa shape index (κ2) is 6.77. The first-order valence-corrected chi connectivity index (χ1v) is 7.59. The number of benzene rings is 2. The fourth-order valence-electron chi connectivity index (χ4n) is 2.67. The summed E-state index contributed by atoms with van der Waals surface area (Å²) >= 11 is 0. The Kier molecular flexibility index (Phi) is 5.03. The Hall–Kier alpha value is -1.80. The lowest BCUT2D eigenvalue weighted by molar-refractivity contribution is 0.203. The van der Waals surface area contributed by atoms with E-state index in [-0.39, 0.29) is 0 Å². The summed E-state index contributed by atoms with van der Waals surface area (Å²) in [5.41, 5.74) is 11.9. The molecule has 0 unspecified atom stereocenters. The summed E-state index contributed by atoms with van der Waals surface area (Å²) in [4.78, 5) is 2.49. The maximum atomic E-state index is 5.76. The van der Waals surface area contributed by atoms with Crippen molar-refractivity contribution >= 4 is 5.69 Å². The fourth-order valence-corrected chi connectivity index (χ4v) is 2.67. The molecule has 0 aromatic heterocycles. The van der Waals surface area contributed by atoms with Gasteiger partial charge in [0.25, 0.3) is 0 Å². The Bertz CT molecular complexity index is 565. The van der Waals surface area contributed by atoms with E-state index in [4.69, 9.17) is 5.73 Å². The lowest BCUT2D eigenvalue weighted by Gasteiger charge is -2.27. The van der Waals surface area contributed by atoms with Crippen LogP contribution in [0.25, 0.3) is 0 Å². The standard InChI is InChI=1S/C19H26N2/c1-14(2)21(12-17-5-7-19(20)8-6-17)13-18-10-15(3)9-16(4)11-18/h5-11,14H,12-13,20H2,1-4H3. The molecule has 0 radical (unpaired) electrons. The maximum Gasteiger partial charge on any atom is 0.0314 e. The third-order valence-corrected chi connectivity index (χ3v) is 3.76. The molecule has 0 bridgehead atoms. The largest absolute Gasteiger partial charge is 0.399 e. The van der Waals surface area contributed by atoms with Crippen molar-refractivity contribution in [2.75, 3.05) is 5.73 Å². The van der Waals surface area contributed by atoms with Crippen molar-refractivity contribution in [3.63, 3.8) is 0 Å². The van der Waals surface area contributed by atoms with Crippen LogP contribution in [0.4, 0.5) is 5.69 Å². The molecule has 0 fully saturated rings. The van der Waals surface area contributed by atoms with Gasteiger partial charge in [-0.25, -0.2) is 0 Å². The van der Waals surface area contributed by atoms with Crippen LogP contribution >= 0.6 is 0 Å². The summed E-state index contributed by atoms with van der Waals surface area (Å²) in [6.07, 6.45) is 0. The van der Waals surface area contributed by atoms with Crippen LogP contribution in [0, 0.1) is 13.8 Å². The van der Waals surface area contributed by atoms with E-state index in [2.05, 4.69) is 62.9 Å². The average molecular weight is 282 g/mol. The van der Waals surface area contributed by atoms with E-state index < -0.39 is 0 Å². The number of hydrogen-bond donors (Lipinski definition) is 1. The molecule has 2 heteroatoms. The predicted molar refractivity (Wildman–Crippen MR) is 91.2 cm³/mol. The van der Waals surface area contributed by atoms with E-state index in [1.165, 1.54) is 22.3 Å². The van der Waals surface area contributed by atoms with E-state index in [0.717, 1.165) is 18.8 Å². The zero-order chi connectivity index (χ0) is 15.4. The molecule has 0 aliphatic heterocycles. The van der Waals surface area contributed by atoms with E-state index in [0.29, 0.717) is 6.04 Å². The zero-order valence-corrected chi connectivity index (χ0v) is 13.6. The molecule has 112 valence electrons. The molecule has 0 amide bonds. The van der Waals surface area contributed by atoms with Crippen LogP contribution in [-0.4, -0.2) is 10.9 Å². The average Bonchev–Trinajstić information content (AvgIpc) is 2.39. The van der Waals surface area contributed by atoms with Crippen molar-refractivity contribution in [3.05, 3.63) is 64.7 Å². The minimum absolute atomic E-state index is 0.503. The van der Waals surface area contributed by atoms with Gasteiger partial charge < -0.3 is 5.73 Å². The van der Waals surface area contributed by atoms with Gasteiger partial charge >= 0.3 is 0 Å². The summed E-state index contributed by atoms with van der Waals surface area (Å²) in [6.45, 7) is 10.8. The fraction of sp³-hybridized carbons (Fsp3) is 0.368. The molecule has 2 nitrogen and oxygen atoms in total. The molecule has 2 aromatic carbocycles. The highest BCUT2D eigenvalue weighted by atomic mass is 15.1. The van der Waals surface area contributed by atoms with Gasteiger partial charge in [0, 0.05) is 24.8 Å². The predicted octanol–water partition coefficient (Wildman–Crippen LogP) is 4.30. The Morgan fingerprint density at radius 2 is 1.38 bits per heavy atom. The number of nitrogens with two attached hydrogens (primary N) is 1. The van der Waals surface area contributed by atoms with Crippen molar-refractivity contribution in [2.24, 2.45) is 0 Å². The minimum Gasteiger partial charge on any atom is -0.399 e. The van der Waals surface area contributed by atoms with Crippen LogP contribution < -0.4 is 5.73 Å². The van der Waals surface area contributed by atoms with E-state index >= 15 is 0 Å². The topological polar surface area (TPSA) is 29.3 Å². The lowest BCUT2D eigenvalue weighted by atomic mass is 10.1. The van der Waals surface area contributed by atoms with Crippen molar-refractivity contribution in [2.45, 2.75) is 46.8 Å². The maximum absolute atomic E-state index is 5.76. The van der Waals surface area contributed by atoms with E-state index in [9.17, 15) is 0 Å². The molecule has 2 N–H and O–H groups in total. The van der Waals surface area contributed by atoms with E-state index in [1.54, 1.807) is 0 Å². The number of hydrogen-bond acceptors (Lipinski definition) is 2. The van der Waals surface area contributed by atoms with Crippen LogP contribution in [0.3, 0.4) is 0 Å². The molecule has 2 rings (SSSR count). The highest BCUT2D eigenvalue weighted by molar-refractivity contribution is 5.39. The number of nitrogens with zero attached hydrogens (tertiary/aromatic N) is 1. The molecule has 2 aromatic rings.